The van der Waals surface area contributed by atoms with E-state index in [-0.39, 0.29) is 22.8 Å². The SMILES string of the molecule is CC(C)(C)OC(=O)N1CCCCC1.COC(=O)c1ccccc1C(=O)OC. The molecule has 1 heterocycles. The van der Waals surface area contributed by atoms with E-state index in [0.29, 0.717) is 0 Å². The highest BCUT2D eigenvalue weighted by atomic mass is 16.6. The number of carbonyl (C=O) groups excluding carboxylic acids is 3. The van der Waals surface area contributed by atoms with Crippen molar-refractivity contribution in [2.24, 2.45) is 0 Å². The van der Waals surface area contributed by atoms with E-state index in [0.717, 1.165) is 25.9 Å². The number of carbonyl (C=O) groups is 3. The Balaban J connectivity index is 0.000000271. The van der Waals surface area contributed by atoms with Gasteiger partial charge < -0.3 is 19.1 Å². The molecule has 0 atom stereocenters. The summed E-state index contributed by atoms with van der Waals surface area (Å²) in [5.74, 6) is -1.10. The molecule has 0 N–H and O–H groups in total. The van der Waals surface area contributed by atoms with Crippen molar-refractivity contribution in [2.75, 3.05) is 27.3 Å². The zero-order valence-electron chi connectivity index (χ0n) is 16.7. The van der Waals surface area contributed by atoms with Crippen LogP contribution in [-0.2, 0) is 14.2 Å². The molecule has 1 fully saturated rings. The van der Waals surface area contributed by atoms with Crippen molar-refractivity contribution in [3.8, 4) is 0 Å². The number of nitrogens with zero attached hydrogens (tertiary/aromatic N) is 1. The van der Waals surface area contributed by atoms with Crippen molar-refractivity contribution >= 4 is 18.0 Å². The molecule has 0 aliphatic carbocycles. The van der Waals surface area contributed by atoms with Crippen LogP contribution in [0, 0.1) is 0 Å². The third-order valence-corrected chi connectivity index (χ3v) is 3.75. The minimum absolute atomic E-state index is 0.160. The maximum Gasteiger partial charge on any atom is 0.410 e. The van der Waals surface area contributed by atoms with Gasteiger partial charge in [0.2, 0.25) is 0 Å². The van der Waals surface area contributed by atoms with Crippen molar-refractivity contribution in [3.63, 3.8) is 0 Å². The number of amides is 1. The van der Waals surface area contributed by atoms with Crippen LogP contribution in [0.1, 0.15) is 60.7 Å². The fraction of sp³-hybridized carbons (Fsp3) is 0.550. The molecule has 0 aromatic heterocycles. The largest absolute Gasteiger partial charge is 0.465 e. The minimum atomic E-state index is -0.550. The average molecular weight is 379 g/mol. The lowest BCUT2D eigenvalue weighted by atomic mass is 10.1. The van der Waals surface area contributed by atoms with Crippen molar-refractivity contribution in [2.45, 2.75) is 45.6 Å². The molecule has 0 saturated carbocycles. The Morgan fingerprint density at radius 2 is 1.30 bits per heavy atom. The molecular weight excluding hydrogens is 350 g/mol. The molecule has 0 unspecified atom stereocenters. The molecule has 1 aromatic carbocycles. The number of hydrogen-bond acceptors (Lipinski definition) is 6. The second-order valence-corrected chi connectivity index (χ2v) is 7.06. The molecule has 7 nitrogen and oxygen atoms in total. The first-order valence-electron chi connectivity index (χ1n) is 8.93. The highest BCUT2D eigenvalue weighted by Crippen LogP contribution is 2.14. The summed E-state index contributed by atoms with van der Waals surface area (Å²) in [5.41, 5.74) is 0.0536. The van der Waals surface area contributed by atoms with E-state index in [1.54, 1.807) is 17.0 Å². The van der Waals surface area contributed by atoms with Gasteiger partial charge in [0.15, 0.2) is 0 Å². The van der Waals surface area contributed by atoms with Crippen LogP contribution in [0.2, 0.25) is 0 Å². The smallest absolute Gasteiger partial charge is 0.410 e. The van der Waals surface area contributed by atoms with Crippen LogP contribution in [0.15, 0.2) is 24.3 Å². The van der Waals surface area contributed by atoms with E-state index >= 15 is 0 Å². The van der Waals surface area contributed by atoms with Gasteiger partial charge >= 0.3 is 18.0 Å². The first-order valence-corrected chi connectivity index (χ1v) is 8.93. The Labute approximate surface area is 160 Å². The zero-order valence-corrected chi connectivity index (χ0v) is 16.7. The number of rotatable bonds is 2. The molecule has 7 heteroatoms. The van der Waals surface area contributed by atoms with Crippen molar-refractivity contribution in [1.82, 2.24) is 4.90 Å². The number of esters is 2. The summed E-state index contributed by atoms with van der Waals surface area (Å²) < 4.78 is 14.3. The lowest BCUT2D eigenvalue weighted by molar-refractivity contribution is 0.0215. The van der Waals surface area contributed by atoms with Gasteiger partial charge in [0.05, 0.1) is 25.3 Å². The average Bonchev–Trinajstić information content (AvgIpc) is 2.66. The predicted molar refractivity (Wildman–Crippen MR) is 101 cm³/mol. The number of benzene rings is 1. The second kappa shape index (κ2) is 10.5. The Hall–Kier alpha value is -2.57. The highest BCUT2D eigenvalue weighted by Gasteiger charge is 2.23. The monoisotopic (exact) mass is 379 g/mol. The van der Waals surface area contributed by atoms with Crippen LogP contribution in [-0.4, -0.2) is 55.8 Å². The molecule has 1 amide bonds. The fourth-order valence-corrected chi connectivity index (χ4v) is 2.46. The van der Waals surface area contributed by atoms with E-state index < -0.39 is 11.9 Å². The Bertz CT molecular complexity index is 609. The van der Waals surface area contributed by atoms with Crippen LogP contribution < -0.4 is 0 Å². The van der Waals surface area contributed by atoms with Gasteiger partial charge in [-0.3, -0.25) is 0 Å². The molecule has 0 radical (unpaired) electrons. The number of piperidine rings is 1. The highest BCUT2D eigenvalue weighted by molar-refractivity contribution is 6.03. The number of methoxy groups -OCH3 is 2. The third-order valence-electron chi connectivity index (χ3n) is 3.75. The summed E-state index contributed by atoms with van der Waals surface area (Å²) in [7, 11) is 2.52. The molecule has 27 heavy (non-hydrogen) atoms. The summed E-state index contributed by atoms with van der Waals surface area (Å²) in [4.78, 5) is 35.8. The van der Waals surface area contributed by atoms with Crippen LogP contribution in [0.25, 0.3) is 0 Å². The number of hydrogen-bond donors (Lipinski definition) is 0. The van der Waals surface area contributed by atoms with Gasteiger partial charge in [-0.15, -0.1) is 0 Å². The molecule has 1 aromatic rings. The van der Waals surface area contributed by atoms with Gasteiger partial charge in [0, 0.05) is 13.1 Å². The topological polar surface area (TPSA) is 82.1 Å². The molecule has 1 aliphatic rings. The van der Waals surface area contributed by atoms with Crippen LogP contribution in [0.4, 0.5) is 4.79 Å². The van der Waals surface area contributed by atoms with Gasteiger partial charge in [0.25, 0.3) is 0 Å². The predicted octanol–water partition coefficient (Wildman–Crippen LogP) is 3.67. The lowest BCUT2D eigenvalue weighted by Gasteiger charge is -2.29. The van der Waals surface area contributed by atoms with Gasteiger partial charge in [-0.1, -0.05) is 12.1 Å². The van der Waals surface area contributed by atoms with E-state index in [2.05, 4.69) is 9.47 Å². The molecule has 2 rings (SSSR count). The van der Waals surface area contributed by atoms with Crippen molar-refractivity contribution in [1.29, 1.82) is 0 Å². The van der Waals surface area contributed by atoms with E-state index in [1.807, 2.05) is 20.8 Å². The standard InChI is InChI=1S/C10H19NO2.C10H10O4/c1-10(2,3)13-9(12)11-7-5-4-6-8-11;1-13-9(11)7-5-3-4-6-8(7)10(12)14-2/h4-8H2,1-3H3;3-6H,1-2H3. The van der Waals surface area contributed by atoms with E-state index in [1.165, 1.54) is 32.8 Å². The van der Waals surface area contributed by atoms with Crippen LogP contribution in [0.3, 0.4) is 0 Å². The summed E-state index contributed by atoms with van der Waals surface area (Å²) in [6.07, 6.45) is 3.30. The summed E-state index contributed by atoms with van der Waals surface area (Å²) >= 11 is 0. The third kappa shape index (κ3) is 7.68. The first kappa shape index (κ1) is 22.5. The van der Waals surface area contributed by atoms with Gasteiger partial charge in [-0.2, -0.15) is 0 Å². The Morgan fingerprint density at radius 1 is 0.852 bits per heavy atom. The lowest BCUT2D eigenvalue weighted by Crippen LogP contribution is -2.39. The molecule has 1 aliphatic heterocycles. The summed E-state index contributed by atoms with van der Waals surface area (Å²) in [6.45, 7) is 7.41. The minimum Gasteiger partial charge on any atom is -0.465 e. The van der Waals surface area contributed by atoms with Gasteiger partial charge in [-0.05, 0) is 52.2 Å². The quantitative estimate of drug-likeness (QED) is 0.576. The normalized spacial score (nSPS) is 13.7. The molecule has 150 valence electrons. The number of ether oxygens (including phenoxy) is 3. The van der Waals surface area contributed by atoms with Gasteiger partial charge in [-0.25, -0.2) is 14.4 Å². The first-order chi connectivity index (χ1) is 12.7. The molecule has 1 saturated heterocycles. The fourth-order valence-electron chi connectivity index (χ4n) is 2.46. The maximum absolute atomic E-state index is 11.5. The second-order valence-electron chi connectivity index (χ2n) is 7.06. The van der Waals surface area contributed by atoms with Crippen molar-refractivity contribution < 1.29 is 28.6 Å². The Kier molecular flexibility index (Phi) is 8.78. The number of likely N-dealkylation sites (tertiary alicyclic amines) is 1. The molecular formula is C20H29NO6. The van der Waals surface area contributed by atoms with E-state index in [9.17, 15) is 14.4 Å². The summed E-state index contributed by atoms with van der Waals surface area (Å²) in [5, 5.41) is 0. The zero-order chi connectivity index (χ0) is 20.4. The summed E-state index contributed by atoms with van der Waals surface area (Å²) in [6, 6.07) is 6.33. The molecule has 0 spiro atoms. The van der Waals surface area contributed by atoms with E-state index in [4.69, 9.17) is 4.74 Å². The molecule has 0 bridgehead atoms. The van der Waals surface area contributed by atoms with Crippen LogP contribution >= 0.6 is 0 Å². The Morgan fingerprint density at radius 3 is 1.67 bits per heavy atom. The van der Waals surface area contributed by atoms with Crippen LogP contribution in [0.5, 0.6) is 0 Å². The van der Waals surface area contributed by atoms with Gasteiger partial charge in [0.1, 0.15) is 5.60 Å². The maximum atomic E-state index is 11.5. The van der Waals surface area contributed by atoms with Crippen molar-refractivity contribution in [3.05, 3.63) is 35.4 Å².